The van der Waals surface area contributed by atoms with Gasteiger partial charge in [0.05, 0.1) is 6.61 Å². The Bertz CT molecular complexity index is 300. The summed E-state index contributed by atoms with van der Waals surface area (Å²) in [5.74, 6) is 0.480. The number of ether oxygens (including phenoxy) is 2. The molecule has 0 aliphatic carbocycles. The maximum absolute atomic E-state index is 11.6. The van der Waals surface area contributed by atoms with E-state index in [4.69, 9.17) is 9.84 Å². The van der Waals surface area contributed by atoms with Crippen LogP contribution >= 0.6 is 0 Å². The molecule has 3 nitrogen and oxygen atoms in total. The molecule has 90 valence electrons. The van der Waals surface area contributed by atoms with Crippen LogP contribution in [0.3, 0.4) is 0 Å². The molecule has 1 unspecified atom stereocenters. The van der Waals surface area contributed by atoms with Crippen molar-refractivity contribution in [2.45, 2.75) is 12.5 Å². The molecule has 0 spiro atoms. The van der Waals surface area contributed by atoms with Gasteiger partial charge >= 0.3 is 6.36 Å². The number of hydrogen-bond donors (Lipinski definition) is 1. The van der Waals surface area contributed by atoms with Gasteiger partial charge in [-0.2, -0.15) is 0 Å². The van der Waals surface area contributed by atoms with Gasteiger partial charge in [0, 0.05) is 0 Å². The number of aliphatic hydroxyl groups excluding tert-OH is 1. The predicted molar refractivity (Wildman–Crippen MR) is 50.0 cm³/mol. The smallest absolute Gasteiger partial charge is 0.491 e. The van der Waals surface area contributed by atoms with Crippen molar-refractivity contribution in [3.05, 3.63) is 30.3 Å². The zero-order valence-corrected chi connectivity index (χ0v) is 8.28. The Kier molecular flexibility index (Phi) is 4.57. The fourth-order valence-corrected chi connectivity index (χ4v) is 0.948. The Labute approximate surface area is 90.4 Å². The number of aliphatic hydroxyl groups is 1. The molecule has 0 saturated carbocycles. The number of alkyl halides is 3. The molecule has 1 aromatic carbocycles. The lowest BCUT2D eigenvalue weighted by Gasteiger charge is -2.13. The van der Waals surface area contributed by atoms with Crippen molar-refractivity contribution in [3.8, 4) is 5.75 Å². The highest BCUT2D eigenvalue weighted by atomic mass is 19.4. The predicted octanol–water partition coefficient (Wildman–Crippen LogP) is 1.96. The van der Waals surface area contributed by atoms with E-state index in [1.807, 2.05) is 0 Å². The van der Waals surface area contributed by atoms with Crippen LogP contribution in [0.1, 0.15) is 0 Å². The van der Waals surface area contributed by atoms with Gasteiger partial charge in [-0.15, -0.1) is 13.2 Å². The Morgan fingerprint density at radius 2 is 1.75 bits per heavy atom. The standard InChI is InChI=1S/C10H11F3O3/c11-10(12,13)16-7-8(14)6-15-9-4-2-1-3-5-9/h1-5,8,14H,6-7H2. The van der Waals surface area contributed by atoms with Gasteiger partial charge in [0.1, 0.15) is 18.5 Å². The van der Waals surface area contributed by atoms with Gasteiger partial charge in [-0.05, 0) is 12.1 Å². The van der Waals surface area contributed by atoms with E-state index in [-0.39, 0.29) is 6.61 Å². The van der Waals surface area contributed by atoms with Gasteiger partial charge in [-0.3, -0.25) is 4.74 Å². The lowest BCUT2D eigenvalue weighted by molar-refractivity contribution is -0.331. The minimum Gasteiger partial charge on any atom is -0.491 e. The third-order valence-electron chi connectivity index (χ3n) is 1.62. The average Bonchev–Trinajstić information content (AvgIpc) is 2.24. The Hall–Kier alpha value is -1.27. The maximum Gasteiger partial charge on any atom is 0.522 e. The first-order chi connectivity index (χ1) is 7.47. The fourth-order valence-electron chi connectivity index (χ4n) is 0.948. The molecule has 0 fully saturated rings. The normalized spacial score (nSPS) is 13.5. The third kappa shape index (κ3) is 5.57. The molecule has 1 atom stereocenters. The zero-order valence-electron chi connectivity index (χ0n) is 8.28. The third-order valence-corrected chi connectivity index (χ3v) is 1.62. The molecule has 1 rings (SSSR count). The monoisotopic (exact) mass is 236 g/mol. The van der Waals surface area contributed by atoms with Crippen molar-refractivity contribution in [2.75, 3.05) is 13.2 Å². The first-order valence-corrected chi connectivity index (χ1v) is 4.54. The number of para-hydroxylation sites is 1. The lowest BCUT2D eigenvalue weighted by atomic mass is 10.3. The van der Waals surface area contributed by atoms with E-state index >= 15 is 0 Å². The summed E-state index contributed by atoms with van der Waals surface area (Å²) in [5, 5.41) is 9.12. The molecule has 0 bridgehead atoms. The number of rotatable bonds is 5. The second kappa shape index (κ2) is 5.72. The van der Waals surface area contributed by atoms with Crippen molar-refractivity contribution < 1.29 is 27.8 Å². The topological polar surface area (TPSA) is 38.7 Å². The van der Waals surface area contributed by atoms with Gasteiger partial charge < -0.3 is 9.84 Å². The van der Waals surface area contributed by atoms with Gasteiger partial charge in [0.25, 0.3) is 0 Å². The molecule has 0 saturated heterocycles. The Morgan fingerprint density at radius 3 is 2.31 bits per heavy atom. The Balaban J connectivity index is 2.23. The number of halogens is 3. The molecule has 0 aliphatic rings. The van der Waals surface area contributed by atoms with E-state index in [2.05, 4.69) is 4.74 Å². The molecular weight excluding hydrogens is 225 g/mol. The van der Waals surface area contributed by atoms with Crippen molar-refractivity contribution in [1.82, 2.24) is 0 Å². The summed E-state index contributed by atoms with van der Waals surface area (Å²) in [7, 11) is 0. The number of benzene rings is 1. The molecule has 0 radical (unpaired) electrons. The van der Waals surface area contributed by atoms with Crippen LogP contribution in [0.2, 0.25) is 0 Å². The summed E-state index contributed by atoms with van der Waals surface area (Å²) in [5.41, 5.74) is 0. The highest BCUT2D eigenvalue weighted by molar-refractivity contribution is 5.20. The summed E-state index contributed by atoms with van der Waals surface area (Å²) in [4.78, 5) is 0. The highest BCUT2D eigenvalue weighted by Gasteiger charge is 2.30. The minimum atomic E-state index is -4.73. The summed E-state index contributed by atoms with van der Waals surface area (Å²) < 4.78 is 43.3. The quantitative estimate of drug-likeness (QED) is 0.849. The van der Waals surface area contributed by atoms with Crippen molar-refractivity contribution >= 4 is 0 Å². The summed E-state index contributed by atoms with van der Waals surface area (Å²) >= 11 is 0. The largest absolute Gasteiger partial charge is 0.522 e. The van der Waals surface area contributed by atoms with Crippen LogP contribution in [-0.4, -0.2) is 30.8 Å². The maximum atomic E-state index is 11.6. The van der Waals surface area contributed by atoms with Gasteiger partial charge in [0.2, 0.25) is 0 Å². The molecule has 0 aliphatic heterocycles. The van der Waals surface area contributed by atoms with Gasteiger partial charge in [-0.1, -0.05) is 18.2 Å². The van der Waals surface area contributed by atoms with Gasteiger partial charge in [-0.25, -0.2) is 0 Å². The molecule has 16 heavy (non-hydrogen) atoms. The van der Waals surface area contributed by atoms with E-state index in [0.717, 1.165) is 0 Å². The van der Waals surface area contributed by atoms with Crippen LogP contribution in [0.5, 0.6) is 5.75 Å². The molecule has 1 aromatic rings. The van der Waals surface area contributed by atoms with E-state index in [0.29, 0.717) is 5.75 Å². The number of hydrogen-bond acceptors (Lipinski definition) is 3. The van der Waals surface area contributed by atoms with Crippen LogP contribution in [0.15, 0.2) is 30.3 Å². The van der Waals surface area contributed by atoms with Crippen LogP contribution < -0.4 is 4.74 Å². The van der Waals surface area contributed by atoms with Crippen LogP contribution in [0.25, 0.3) is 0 Å². The first-order valence-electron chi connectivity index (χ1n) is 4.54. The lowest BCUT2D eigenvalue weighted by Crippen LogP contribution is -2.27. The summed E-state index contributed by atoms with van der Waals surface area (Å²) in [6.07, 6.45) is -6.05. The van der Waals surface area contributed by atoms with Gasteiger partial charge in [0.15, 0.2) is 0 Å². The zero-order chi connectivity index (χ0) is 12.0. The van der Waals surface area contributed by atoms with Crippen molar-refractivity contribution in [3.63, 3.8) is 0 Å². The van der Waals surface area contributed by atoms with Crippen molar-refractivity contribution in [1.29, 1.82) is 0 Å². The fraction of sp³-hybridized carbons (Fsp3) is 0.400. The van der Waals surface area contributed by atoms with E-state index in [9.17, 15) is 13.2 Å². The minimum absolute atomic E-state index is 0.250. The van der Waals surface area contributed by atoms with Crippen LogP contribution in [-0.2, 0) is 4.74 Å². The summed E-state index contributed by atoms with van der Waals surface area (Å²) in [6, 6.07) is 8.48. The molecular formula is C10H11F3O3. The average molecular weight is 236 g/mol. The molecule has 6 heteroatoms. The second-order valence-corrected chi connectivity index (χ2v) is 3.03. The van der Waals surface area contributed by atoms with E-state index in [1.54, 1.807) is 30.3 Å². The molecule has 0 heterocycles. The van der Waals surface area contributed by atoms with E-state index in [1.165, 1.54) is 0 Å². The molecule has 1 N–H and O–H groups in total. The molecule has 0 aromatic heterocycles. The Morgan fingerprint density at radius 1 is 1.12 bits per heavy atom. The second-order valence-electron chi connectivity index (χ2n) is 3.03. The first kappa shape index (κ1) is 12.8. The van der Waals surface area contributed by atoms with Crippen molar-refractivity contribution in [2.24, 2.45) is 0 Å². The van der Waals surface area contributed by atoms with Crippen LogP contribution in [0.4, 0.5) is 13.2 Å². The van der Waals surface area contributed by atoms with Crippen LogP contribution in [0, 0.1) is 0 Å². The molecule has 0 amide bonds. The SMILES string of the molecule is OC(COc1ccccc1)COC(F)(F)F. The van der Waals surface area contributed by atoms with E-state index < -0.39 is 19.1 Å². The highest BCUT2D eigenvalue weighted by Crippen LogP contribution is 2.16. The summed E-state index contributed by atoms with van der Waals surface area (Å²) in [6.45, 7) is -1.09.